The van der Waals surface area contributed by atoms with Crippen LogP contribution in [0.4, 0.5) is 0 Å². The van der Waals surface area contributed by atoms with Crippen molar-refractivity contribution < 1.29 is 0 Å². The smallest absolute Gasteiger partial charge is 0.0252 e. The van der Waals surface area contributed by atoms with E-state index in [-0.39, 0.29) is 5.54 Å². The van der Waals surface area contributed by atoms with Gasteiger partial charge in [0.1, 0.15) is 0 Å². The first-order valence-electron chi connectivity index (χ1n) is 6.08. The van der Waals surface area contributed by atoms with Crippen molar-refractivity contribution in [2.75, 3.05) is 19.6 Å². The van der Waals surface area contributed by atoms with Crippen LogP contribution >= 0.6 is 11.3 Å². The van der Waals surface area contributed by atoms with E-state index in [0.717, 1.165) is 13.1 Å². The van der Waals surface area contributed by atoms with Gasteiger partial charge in [-0.05, 0) is 38.6 Å². The highest BCUT2D eigenvalue weighted by atomic mass is 32.1. The minimum Gasteiger partial charge on any atom is -0.309 e. The molecular weight excluding hydrogens is 216 g/mol. The van der Waals surface area contributed by atoms with Crippen LogP contribution in [0.15, 0.2) is 17.5 Å². The topological polar surface area (TPSA) is 15.3 Å². The maximum absolute atomic E-state index is 3.56. The number of piperazine rings is 1. The van der Waals surface area contributed by atoms with Crippen LogP contribution in [0.5, 0.6) is 0 Å². The van der Waals surface area contributed by atoms with Gasteiger partial charge >= 0.3 is 0 Å². The molecule has 2 heterocycles. The maximum Gasteiger partial charge on any atom is 0.0252 e. The second-order valence-electron chi connectivity index (χ2n) is 5.41. The number of nitrogens with one attached hydrogen (secondary N) is 1. The van der Waals surface area contributed by atoms with Gasteiger partial charge < -0.3 is 5.32 Å². The summed E-state index contributed by atoms with van der Waals surface area (Å²) in [5.41, 5.74) is 0.266. The standard InChI is InChI=1S/C13H22N2S/c1-11(9-12-5-4-8-16-12)15-7-6-14-13(2,3)10-15/h4-5,8,11,14H,6-7,9-10H2,1-3H3. The van der Waals surface area contributed by atoms with E-state index in [2.05, 4.69) is 48.5 Å². The molecule has 2 rings (SSSR count). The fraction of sp³-hybridized carbons (Fsp3) is 0.692. The third-order valence-corrected chi connectivity index (χ3v) is 4.20. The van der Waals surface area contributed by atoms with Crippen molar-refractivity contribution in [3.8, 4) is 0 Å². The van der Waals surface area contributed by atoms with Crippen LogP contribution in [0.3, 0.4) is 0 Å². The zero-order chi connectivity index (χ0) is 11.6. The summed E-state index contributed by atoms with van der Waals surface area (Å²) in [6, 6.07) is 5.04. The van der Waals surface area contributed by atoms with E-state index < -0.39 is 0 Å². The molecule has 1 aliphatic heterocycles. The highest BCUT2D eigenvalue weighted by molar-refractivity contribution is 7.09. The number of hydrogen-bond donors (Lipinski definition) is 1. The lowest BCUT2D eigenvalue weighted by Gasteiger charge is -2.42. The normalized spacial score (nSPS) is 23.2. The summed E-state index contributed by atoms with van der Waals surface area (Å²) >= 11 is 1.87. The fourth-order valence-corrected chi connectivity index (χ4v) is 3.23. The van der Waals surface area contributed by atoms with Crippen molar-refractivity contribution in [1.82, 2.24) is 10.2 Å². The molecule has 0 bridgehead atoms. The van der Waals surface area contributed by atoms with Gasteiger partial charge in [-0.15, -0.1) is 11.3 Å². The molecule has 90 valence electrons. The van der Waals surface area contributed by atoms with E-state index in [9.17, 15) is 0 Å². The average Bonchev–Trinajstić information content (AvgIpc) is 2.69. The van der Waals surface area contributed by atoms with Crippen LogP contribution in [-0.4, -0.2) is 36.1 Å². The van der Waals surface area contributed by atoms with Crippen molar-refractivity contribution in [1.29, 1.82) is 0 Å². The lowest BCUT2D eigenvalue weighted by molar-refractivity contribution is 0.117. The molecule has 0 amide bonds. The molecule has 16 heavy (non-hydrogen) atoms. The molecule has 0 spiro atoms. The summed E-state index contributed by atoms with van der Waals surface area (Å²) in [7, 11) is 0. The highest BCUT2D eigenvalue weighted by Gasteiger charge is 2.28. The number of thiophene rings is 1. The summed E-state index contributed by atoms with van der Waals surface area (Å²) in [5, 5.41) is 5.73. The number of hydrogen-bond acceptors (Lipinski definition) is 3. The summed E-state index contributed by atoms with van der Waals surface area (Å²) < 4.78 is 0. The van der Waals surface area contributed by atoms with Gasteiger partial charge in [0.05, 0.1) is 0 Å². The summed E-state index contributed by atoms with van der Waals surface area (Å²) in [4.78, 5) is 4.11. The number of nitrogens with zero attached hydrogens (tertiary/aromatic N) is 1. The van der Waals surface area contributed by atoms with Crippen LogP contribution in [-0.2, 0) is 6.42 Å². The first-order chi connectivity index (χ1) is 7.57. The maximum atomic E-state index is 3.56. The van der Waals surface area contributed by atoms with Gasteiger partial charge in [-0.3, -0.25) is 4.90 Å². The molecule has 1 unspecified atom stereocenters. The van der Waals surface area contributed by atoms with Crippen molar-refractivity contribution in [3.05, 3.63) is 22.4 Å². The first kappa shape index (κ1) is 12.1. The van der Waals surface area contributed by atoms with Crippen LogP contribution < -0.4 is 5.32 Å². The molecule has 1 atom stereocenters. The van der Waals surface area contributed by atoms with Crippen LogP contribution in [0, 0.1) is 0 Å². The predicted octanol–water partition coefficient (Wildman–Crippen LogP) is 2.36. The molecule has 1 fully saturated rings. The molecule has 2 nitrogen and oxygen atoms in total. The Bertz CT molecular complexity index is 319. The Morgan fingerprint density at radius 2 is 2.38 bits per heavy atom. The van der Waals surface area contributed by atoms with Gasteiger partial charge in [-0.1, -0.05) is 6.07 Å². The SMILES string of the molecule is CC(Cc1cccs1)N1CCNC(C)(C)C1. The fourth-order valence-electron chi connectivity index (χ4n) is 2.41. The lowest BCUT2D eigenvalue weighted by atomic mass is 10.00. The van der Waals surface area contributed by atoms with E-state index in [4.69, 9.17) is 0 Å². The molecule has 1 saturated heterocycles. The Morgan fingerprint density at radius 3 is 3.00 bits per heavy atom. The average molecular weight is 238 g/mol. The Morgan fingerprint density at radius 1 is 1.56 bits per heavy atom. The minimum absolute atomic E-state index is 0.266. The molecule has 0 radical (unpaired) electrons. The van der Waals surface area contributed by atoms with Crippen LogP contribution in [0.25, 0.3) is 0 Å². The van der Waals surface area contributed by atoms with Gasteiger partial charge in [0.2, 0.25) is 0 Å². The predicted molar refractivity (Wildman–Crippen MR) is 71.1 cm³/mol. The highest BCUT2D eigenvalue weighted by Crippen LogP contribution is 2.18. The zero-order valence-corrected chi connectivity index (χ0v) is 11.3. The Hall–Kier alpha value is -0.380. The van der Waals surface area contributed by atoms with Crippen molar-refractivity contribution in [3.63, 3.8) is 0 Å². The lowest BCUT2D eigenvalue weighted by Crippen LogP contribution is -2.59. The number of rotatable bonds is 3. The van der Waals surface area contributed by atoms with E-state index in [0.29, 0.717) is 6.04 Å². The monoisotopic (exact) mass is 238 g/mol. The Kier molecular flexibility index (Phi) is 3.67. The van der Waals surface area contributed by atoms with E-state index in [1.807, 2.05) is 11.3 Å². The summed E-state index contributed by atoms with van der Waals surface area (Å²) in [6.45, 7) is 10.4. The molecule has 0 saturated carbocycles. The van der Waals surface area contributed by atoms with E-state index in [1.54, 1.807) is 0 Å². The van der Waals surface area contributed by atoms with Gasteiger partial charge in [0.25, 0.3) is 0 Å². The quantitative estimate of drug-likeness (QED) is 0.869. The molecule has 1 N–H and O–H groups in total. The second-order valence-corrected chi connectivity index (χ2v) is 6.45. The van der Waals surface area contributed by atoms with Crippen molar-refractivity contribution >= 4 is 11.3 Å². The van der Waals surface area contributed by atoms with Gasteiger partial charge in [0, 0.05) is 36.1 Å². The van der Waals surface area contributed by atoms with Crippen molar-refractivity contribution in [2.24, 2.45) is 0 Å². The zero-order valence-electron chi connectivity index (χ0n) is 10.5. The van der Waals surface area contributed by atoms with Gasteiger partial charge in [-0.25, -0.2) is 0 Å². The Balaban J connectivity index is 1.91. The summed E-state index contributed by atoms with van der Waals surface area (Å²) in [5.74, 6) is 0. The first-order valence-corrected chi connectivity index (χ1v) is 6.96. The van der Waals surface area contributed by atoms with E-state index >= 15 is 0 Å². The molecular formula is C13H22N2S. The molecule has 1 aromatic heterocycles. The molecule has 1 aromatic rings. The van der Waals surface area contributed by atoms with E-state index in [1.165, 1.54) is 17.8 Å². The second kappa shape index (κ2) is 4.86. The van der Waals surface area contributed by atoms with Crippen LogP contribution in [0.1, 0.15) is 25.6 Å². The van der Waals surface area contributed by atoms with Crippen molar-refractivity contribution in [2.45, 2.75) is 38.8 Å². The third kappa shape index (κ3) is 3.06. The molecule has 1 aliphatic rings. The van der Waals surface area contributed by atoms with Crippen LogP contribution in [0.2, 0.25) is 0 Å². The van der Waals surface area contributed by atoms with Gasteiger partial charge in [-0.2, -0.15) is 0 Å². The van der Waals surface area contributed by atoms with Gasteiger partial charge in [0.15, 0.2) is 0 Å². The molecule has 3 heteroatoms. The molecule has 0 aromatic carbocycles. The minimum atomic E-state index is 0.266. The summed E-state index contributed by atoms with van der Waals surface area (Å²) in [6.07, 6.45) is 1.19. The third-order valence-electron chi connectivity index (χ3n) is 3.30. The Labute approximate surface area is 103 Å². The largest absolute Gasteiger partial charge is 0.309 e. The molecule has 0 aliphatic carbocycles.